The van der Waals surface area contributed by atoms with Gasteiger partial charge in [0.05, 0.1) is 6.10 Å². The Labute approximate surface area is 73.4 Å². The molecular formula is C9H17NO2. The summed E-state index contributed by atoms with van der Waals surface area (Å²) in [5, 5.41) is 3.32. The maximum atomic E-state index is 5.79. The minimum atomic E-state index is 0.105. The van der Waals surface area contributed by atoms with Gasteiger partial charge in [0.15, 0.2) is 6.29 Å². The number of rotatable bonds is 2. The standard InChI is InChI=1S/C9H17NO2/c1-2-9(11-7-1)12-8-3-5-10-6-4-8/h8-10H,1-7H2. The van der Waals surface area contributed by atoms with Gasteiger partial charge in [-0.1, -0.05) is 0 Å². The van der Waals surface area contributed by atoms with Crippen molar-refractivity contribution in [2.24, 2.45) is 0 Å². The second kappa shape index (κ2) is 4.21. The van der Waals surface area contributed by atoms with Gasteiger partial charge in [0.2, 0.25) is 0 Å². The average molecular weight is 171 g/mol. The van der Waals surface area contributed by atoms with E-state index in [1.807, 2.05) is 0 Å². The van der Waals surface area contributed by atoms with Gasteiger partial charge in [-0.3, -0.25) is 0 Å². The fourth-order valence-electron chi connectivity index (χ4n) is 1.80. The Kier molecular flexibility index (Phi) is 2.98. The van der Waals surface area contributed by atoms with E-state index >= 15 is 0 Å². The highest BCUT2D eigenvalue weighted by Crippen LogP contribution is 2.18. The number of hydrogen-bond acceptors (Lipinski definition) is 3. The highest BCUT2D eigenvalue weighted by Gasteiger charge is 2.21. The fourth-order valence-corrected chi connectivity index (χ4v) is 1.80. The Morgan fingerprint density at radius 3 is 2.67 bits per heavy atom. The van der Waals surface area contributed by atoms with Gasteiger partial charge in [0.1, 0.15) is 0 Å². The maximum absolute atomic E-state index is 5.79. The van der Waals surface area contributed by atoms with E-state index in [0.717, 1.165) is 45.4 Å². The van der Waals surface area contributed by atoms with Gasteiger partial charge in [-0.15, -0.1) is 0 Å². The van der Waals surface area contributed by atoms with Gasteiger partial charge < -0.3 is 14.8 Å². The van der Waals surface area contributed by atoms with Crippen molar-refractivity contribution in [1.29, 1.82) is 0 Å². The molecule has 2 saturated heterocycles. The molecule has 2 aliphatic heterocycles. The van der Waals surface area contributed by atoms with Crippen LogP contribution in [0.3, 0.4) is 0 Å². The Balaban J connectivity index is 1.69. The topological polar surface area (TPSA) is 30.5 Å². The largest absolute Gasteiger partial charge is 0.353 e. The minimum Gasteiger partial charge on any atom is -0.353 e. The molecule has 0 aromatic carbocycles. The third kappa shape index (κ3) is 2.19. The van der Waals surface area contributed by atoms with Gasteiger partial charge in [-0.2, -0.15) is 0 Å². The van der Waals surface area contributed by atoms with Crippen LogP contribution >= 0.6 is 0 Å². The SMILES string of the molecule is C1COC(OC2CCNCC2)C1. The molecule has 70 valence electrons. The first-order valence-electron chi connectivity index (χ1n) is 4.93. The molecule has 1 atom stereocenters. The predicted octanol–water partition coefficient (Wildman–Crippen LogP) is 0.891. The van der Waals surface area contributed by atoms with Crippen LogP contribution < -0.4 is 5.32 Å². The molecule has 0 aromatic heterocycles. The summed E-state index contributed by atoms with van der Waals surface area (Å²) < 4.78 is 11.2. The highest BCUT2D eigenvalue weighted by molar-refractivity contribution is 4.69. The summed E-state index contributed by atoms with van der Waals surface area (Å²) >= 11 is 0. The summed E-state index contributed by atoms with van der Waals surface area (Å²) in [6.07, 6.45) is 5.07. The van der Waals surface area contributed by atoms with E-state index in [1.54, 1.807) is 0 Å². The second-order valence-corrected chi connectivity index (χ2v) is 3.53. The lowest BCUT2D eigenvalue weighted by molar-refractivity contribution is -0.149. The normalized spacial score (nSPS) is 32.5. The molecule has 2 aliphatic rings. The Hall–Kier alpha value is -0.120. The zero-order valence-corrected chi connectivity index (χ0v) is 7.42. The molecule has 1 N–H and O–H groups in total. The average Bonchev–Trinajstić information content (AvgIpc) is 2.59. The van der Waals surface area contributed by atoms with Gasteiger partial charge in [0.25, 0.3) is 0 Å². The van der Waals surface area contributed by atoms with Crippen LogP contribution in [0.2, 0.25) is 0 Å². The predicted molar refractivity (Wildman–Crippen MR) is 46.0 cm³/mol. The molecule has 1 unspecified atom stereocenters. The van der Waals surface area contributed by atoms with Crippen LogP contribution in [0, 0.1) is 0 Å². The Bertz CT molecular complexity index is 128. The quantitative estimate of drug-likeness (QED) is 0.669. The lowest BCUT2D eigenvalue weighted by atomic mass is 10.1. The zero-order valence-electron chi connectivity index (χ0n) is 7.42. The van der Waals surface area contributed by atoms with Crippen molar-refractivity contribution >= 4 is 0 Å². The molecule has 2 fully saturated rings. The van der Waals surface area contributed by atoms with E-state index in [1.165, 1.54) is 0 Å². The molecule has 0 radical (unpaired) electrons. The van der Waals surface area contributed by atoms with E-state index in [0.29, 0.717) is 6.10 Å². The zero-order chi connectivity index (χ0) is 8.23. The molecule has 0 spiro atoms. The third-order valence-electron chi connectivity index (χ3n) is 2.52. The Morgan fingerprint density at radius 1 is 1.17 bits per heavy atom. The van der Waals surface area contributed by atoms with Crippen LogP contribution in [0.25, 0.3) is 0 Å². The first-order valence-corrected chi connectivity index (χ1v) is 4.93. The van der Waals surface area contributed by atoms with Crippen LogP contribution in [0.4, 0.5) is 0 Å². The van der Waals surface area contributed by atoms with Crippen molar-refractivity contribution < 1.29 is 9.47 Å². The summed E-state index contributed by atoms with van der Waals surface area (Å²) in [4.78, 5) is 0. The summed E-state index contributed by atoms with van der Waals surface area (Å²) in [7, 11) is 0. The highest BCUT2D eigenvalue weighted by atomic mass is 16.7. The van der Waals surface area contributed by atoms with Gasteiger partial charge in [0, 0.05) is 13.0 Å². The first-order chi connectivity index (χ1) is 5.95. The van der Waals surface area contributed by atoms with Crippen LogP contribution in [0.15, 0.2) is 0 Å². The monoisotopic (exact) mass is 171 g/mol. The van der Waals surface area contributed by atoms with Crippen LogP contribution in [-0.4, -0.2) is 32.1 Å². The molecule has 0 bridgehead atoms. The molecule has 3 nitrogen and oxygen atoms in total. The fraction of sp³-hybridized carbons (Fsp3) is 1.00. The minimum absolute atomic E-state index is 0.105. The van der Waals surface area contributed by atoms with E-state index in [-0.39, 0.29) is 6.29 Å². The number of hydrogen-bond donors (Lipinski definition) is 1. The van der Waals surface area contributed by atoms with Crippen molar-refractivity contribution in [1.82, 2.24) is 5.32 Å². The number of ether oxygens (including phenoxy) is 2. The van der Waals surface area contributed by atoms with E-state index in [2.05, 4.69) is 5.32 Å². The molecule has 0 saturated carbocycles. The lowest BCUT2D eigenvalue weighted by Gasteiger charge is -2.25. The first kappa shape index (κ1) is 8.48. The maximum Gasteiger partial charge on any atom is 0.158 e. The third-order valence-corrected chi connectivity index (χ3v) is 2.52. The van der Waals surface area contributed by atoms with Gasteiger partial charge in [-0.25, -0.2) is 0 Å². The second-order valence-electron chi connectivity index (χ2n) is 3.53. The molecule has 0 aromatic rings. The summed E-state index contributed by atoms with van der Waals surface area (Å²) in [5.74, 6) is 0. The summed E-state index contributed by atoms with van der Waals surface area (Å²) in [5.41, 5.74) is 0. The number of piperidine rings is 1. The van der Waals surface area contributed by atoms with Crippen LogP contribution in [0.5, 0.6) is 0 Å². The van der Waals surface area contributed by atoms with Crippen molar-refractivity contribution in [3.05, 3.63) is 0 Å². The molecule has 2 rings (SSSR count). The molecule has 12 heavy (non-hydrogen) atoms. The molecule has 2 heterocycles. The van der Waals surface area contributed by atoms with Crippen molar-refractivity contribution in [3.63, 3.8) is 0 Å². The molecule has 0 amide bonds. The summed E-state index contributed by atoms with van der Waals surface area (Å²) in [6.45, 7) is 3.07. The molecular weight excluding hydrogens is 154 g/mol. The van der Waals surface area contributed by atoms with Crippen LogP contribution in [-0.2, 0) is 9.47 Å². The molecule has 3 heteroatoms. The number of nitrogens with one attached hydrogen (secondary N) is 1. The summed E-state index contributed by atoms with van der Waals surface area (Å²) in [6, 6.07) is 0. The Morgan fingerprint density at radius 2 is 2.00 bits per heavy atom. The van der Waals surface area contributed by atoms with Crippen LogP contribution in [0.1, 0.15) is 25.7 Å². The van der Waals surface area contributed by atoms with Gasteiger partial charge in [-0.05, 0) is 32.4 Å². The smallest absolute Gasteiger partial charge is 0.158 e. The molecule has 0 aliphatic carbocycles. The van der Waals surface area contributed by atoms with Gasteiger partial charge >= 0.3 is 0 Å². The lowest BCUT2D eigenvalue weighted by Crippen LogP contribution is -2.34. The van der Waals surface area contributed by atoms with Crippen molar-refractivity contribution in [2.45, 2.75) is 38.1 Å². The van der Waals surface area contributed by atoms with Crippen molar-refractivity contribution in [2.75, 3.05) is 19.7 Å². The van der Waals surface area contributed by atoms with Crippen molar-refractivity contribution in [3.8, 4) is 0 Å². The van der Waals surface area contributed by atoms with E-state index in [9.17, 15) is 0 Å². The van der Waals surface area contributed by atoms with E-state index in [4.69, 9.17) is 9.47 Å². The van der Waals surface area contributed by atoms with E-state index < -0.39 is 0 Å².